The molecule has 1 unspecified atom stereocenters. The normalized spacial score (nSPS) is 12.2. The van der Waals surface area contributed by atoms with E-state index >= 15 is 0 Å². The zero-order chi connectivity index (χ0) is 13.1. The Morgan fingerprint density at radius 2 is 2.00 bits per heavy atom. The van der Waals surface area contributed by atoms with E-state index in [-0.39, 0.29) is 11.9 Å². The van der Waals surface area contributed by atoms with Crippen LogP contribution in [0.4, 0.5) is 10.1 Å². The second-order valence-electron chi connectivity index (χ2n) is 4.04. The maximum atomic E-state index is 13.8. The summed E-state index contributed by atoms with van der Waals surface area (Å²) < 4.78 is 15.7. The van der Waals surface area contributed by atoms with Crippen molar-refractivity contribution in [3.63, 3.8) is 0 Å². The molecule has 4 heteroatoms. The van der Waals surface area contributed by atoms with Crippen molar-refractivity contribution in [2.24, 2.45) is 0 Å². The van der Waals surface area contributed by atoms with Crippen molar-refractivity contribution in [2.75, 3.05) is 5.32 Å². The van der Waals surface area contributed by atoms with Gasteiger partial charge < -0.3 is 5.32 Å². The van der Waals surface area contributed by atoms with Gasteiger partial charge in [-0.1, -0.05) is 28.1 Å². The monoisotopic (exact) mass is 419 g/mol. The summed E-state index contributed by atoms with van der Waals surface area (Å²) in [6.07, 6.45) is 0. The van der Waals surface area contributed by atoms with Crippen LogP contribution in [-0.4, -0.2) is 0 Å². The first-order valence-electron chi connectivity index (χ1n) is 5.53. The molecule has 18 heavy (non-hydrogen) atoms. The second-order valence-corrected chi connectivity index (χ2v) is 6.20. The van der Waals surface area contributed by atoms with Crippen molar-refractivity contribution in [3.8, 4) is 0 Å². The molecule has 0 aliphatic heterocycles. The van der Waals surface area contributed by atoms with Crippen LogP contribution in [0.5, 0.6) is 0 Å². The highest BCUT2D eigenvalue weighted by Crippen LogP contribution is 2.24. The summed E-state index contributed by atoms with van der Waals surface area (Å²) >= 11 is 5.52. The van der Waals surface area contributed by atoms with Crippen LogP contribution < -0.4 is 5.32 Å². The van der Waals surface area contributed by atoms with Gasteiger partial charge in [-0.2, -0.15) is 0 Å². The lowest BCUT2D eigenvalue weighted by Crippen LogP contribution is -2.08. The van der Waals surface area contributed by atoms with Crippen molar-refractivity contribution in [1.29, 1.82) is 0 Å². The van der Waals surface area contributed by atoms with Crippen LogP contribution in [0.1, 0.15) is 18.5 Å². The maximum absolute atomic E-state index is 13.8. The van der Waals surface area contributed by atoms with E-state index < -0.39 is 0 Å². The number of hydrogen-bond acceptors (Lipinski definition) is 1. The van der Waals surface area contributed by atoms with Gasteiger partial charge in [0.15, 0.2) is 0 Å². The fraction of sp³-hybridized carbons (Fsp3) is 0.143. The highest BCUT2D eigenvalue weighted by molar-refractivity contribution is 14.1. The van der Waals surface area contributed by atoms with Crippen molar-refractivity contribution >= 4 is 44.2 Å². The van der Waals surface area contributed by atoms with Crippen molar-refractivity contribution in [1.82, 2.24) is 0 Å². The molecule has 0 spiro atoms. The Morgan fingerprint density at radius 1 is 1.22 bits per heavy atom. The van der Waals surface area contributed by atoms with Gasteiger partial charge in [-0.25, -0.2) is 4.39 Å². The molecule has 0 saturated heterocycles. The predicted molar refractivity (Wildman–Crippen MR) is 85.3 cm³/mol. The lowest BCUT2D eigenvalue weighted by atomic mass is 10.1. The van der Waals surface area contributed by atoms with Crippen LogP contribution in [0.3, 0.4) is 0 Å². The minimum absolute atomic E-state index is 0.0729. The van der Waals surface area contributed by atoms with E-state index in [4.69, 9.17) is 0 Å². The molecule has 94 valence electrons. The molecule has 0 aromatic heterocycles. The van der Waals surface area contributed by atoms with Crippen LogP contribution in [-0.2, 0) is 0 Å². The van der Waals surface area contributed by atoms with E-state index in [1.807, 2.05) is 37.3 Å². The van der Waals surface area contributed by atoms with Gasteiger partial charge in [0.2, 0.25) is 0 Å². The van der Waals surface area contributed by atoms with E-state index in [2.05, 4.69) is 43.8 Å². The van der Waals surface area contributed by atoms with Gasteiger partial charge in [0.25, 0.3) is 0 Å². The SMILES string of the molecule is CC(Nc1cccc(I)c1)c1ccc(Br)cc1F. The van der Waals surface area contributed by atoms with Crippen LogP contribution >= 0.6 is 38.5 Å². The summed E-state index contributed by atoms with van der Waals surface area (Å²) in [6.45, 7) is 1.95. The first-order chi connectivity index (χ1) is 8.56. The molecule has 0 fully saturated rings. The summed E-state index contributed by atoms with van der Waals surface area (Å²) in [7, 11) is 0. The Kier molecular flexibility index (Phi) is 4.61. The topological polar surface area (TPSA) is 12.0 Å². The summed E-state index contributed by atoms with van der Waals surface area (Å²) in [5.41, 5.74) is 1.66. The van der Waals surface area contributed by atoms with Gasteiger partial charge in [0.1, 0.15) is 5.82 Å². The molecule has 1 N–H and O–H groups in total. The van der Waals surface area contributed by atoms with Crippen LogP contribution in [0.15, 0.2) is 46.9 Å². The van der Waals surface area contributed by atoms with Crippen molar-refractivity contribution in [3.05, 3.63) is 61.9 Å². The highest BCUT2D eigenvalue weighted by Gasteiger charge is 2.11. The summed E-state index contributed by atoms with van der Waals surface area (Å²) in [5, 5.41) is 3.30. The summed E-state index contributed by atoms with van der Waals surface area (Å²) in [5.74, 6) is -0.199. The number of anilines is 1. The molecule has 0 heterocycles. The third kappa shape index (κ3) is 3.45. The molecule has 1 atom stereocenters. The number of benzene rings is 2. The van der Waals surface area contributed by atoms with Crippen LogP contribution in [0.2, 0.25) is 0 Å². The molecular weight excluding hydrogens is 408 g/mol. The van der Waals surface area contributed by atoms with Gasteiger partial charge in [0.05, 0.1) is 6.04 Å². The first-order valence-corrected chi connectivity index (χ1v) is 7.40. The molecule has 1 nitrogen and oxygen atoms in total. The van der Waals surface area contributed by atoms with Gasteiger partial charge >= 0.3 is 0 Å². The molecule has 2 aromatic rings. The lowest BCUT2D eigenvalue weighted by molar-refractivity contribution is 0.599. The highest BCUT2D eigenvalue weighted by atomic mass is 127. The zero-order valence-corrected chi connectivity index (χ0v) is 13.5. The van der Waals surface area contributed by atoms with E-state index in [1.165, 1.54) is 6.07 Å². The van der Waals surface area contributed by atoms with Gasteiger partial charge in [0, 0.05) is 19.3 Å². The van der Waals surface area contributed by atoms with Gasteiger partial charge in [-0.3, -0.25) is 0 Å². The van der Waals surface area contributed by atoms with Gasteiger partial charge in [-0.15, -0.1) is 0 Å². The van der Waals surface area contributed by atoms with Crippen molar-refractivity contribution in [2.45, 2.75) is 13.0 Å². The minimum Gasteiger partial charge on any atom is -0.378 e. The smallest absolute Gasteiger partial charge is 0.129 e. The van der Waals surface area contributed by atoms with E-state index in [0.29, 0.717) is 5.56 Å². The quantitative estimate of drug-likeness (QED) is 0.660. The molecule has 0 aliphatic rings. The number of hydrogen-bond donors (Lipinski definition) is 1. The van der Waals surface area contributed by atoms with E-state index in [0.717, 1.165) is 13.7 Å². The molecule has 2 rings (SSSR count). The second kappa shape index (κ2) is 6.02. The van der Waals surface area contributed by atoms with Crippen molar-refractivity contribution < 1.29 is 4.39 Å². The largest absolute Gasteiger partial charge is 0.378 e. The third-order valence-electron chi connectivity index (χ3n) is 2.64. The molecular formula is C14H12BrFIN. The summed E-state index contributed by atoms with van der Waals surface area (Å²) in [6, 6.07) is 13.1. The fourth-order valence-electron chi connectivity index (χ4n) is 1.76. The lowest BCUT2D eigenvalue weighted by Gasteiger charge is -2.16. The average Bonchev–Trinajstić information content (AvgIpc) is 2.28. The Bertz CT molecular complexity index is 559. The van der Waals surface area contributed by atoms with E-state index in [9.17, 15) is 4.39 Å². The average molecular weight is 420 g/mol. The maximum Gasteiger partial charge on any atom is 0.129 e. The molecule has 0 saturated carbocycles. The Labute approximate surface area is 128 Å². The molecule has 0 bridgehead atoms. The Morgan fingerprint density at radius 3 is 2.67 bits per heavy atom. The Hall–Kier alpha value is -0.620. The molecule has 0 amide bonds. The van der Waals surface area contributed by atoms with Crippen LogP contribution in [0.25, 0.3) is 0 Å². The zero-order valence-electron chi connectivity index (χ0n) is 9.75. The number of nitrogens with one attached hydrogen (secondary N) is 1. The predicted octanol–water partition coefficient (Wildman–Crippen LogP) is 5.37. The third-order valence-corrected chi connectivity index (χ3v) is 3.80. The van der Waals surface area contributed by atoms with Crippen LogP contribution in [0, 0.1) is 9.39 Å². The minimum atomic E-state index is -0.199. The number of halogens is 3. The van der Waals surface area contributed by atoms with Gasteiger partial charge in [-0.05, 0) is 59.8 Å². The Balaban J connectivity index is 2.19. The summed E-state index contributed by atoms with van der Waals surface area (Å²) in [4.78, 5) is 0. The molecule has 2 aromatic carbocycles. The fourth-order valence-corrected chi connectivity index (χ4v) is 2.63. The van der Waals surface area contributed by atoms with E-state index in [1.54, 1.807) is 6.07 Å². The standard InChI is InChI=1S/C14H12BrFIN/c1-9(13-6-5-10(15)7-14(13)16)18-12-4-2-3-11(17)8-12/h2-9,18H,1H3. The first kappa shape index (κ1) is 13.8. The molecule has 0 aliphatic carbocycles. The molecule has 0 radical (unpaired) electrons. The number of rotatable bonds is 3.